The van der Waals surface area contributed by atoms with E-state index in [-0.39, 0.29) is 6.79 Å². The highest BCUT2D eigenvalue weighted by Crippen LogP contribution is 2.37. The van der Waals surface area contributed by atoms with Crippen LogP contribution in [0.5, 0.6) is 11.5 Å². The molecule has 1 aliphatic rings. The molecular weight excluding hydrogens is 332 g/mol. The molecule has 5 rings (SSSR count). The summed E-state index contributed by atoms with van der Waals surface area (Å²) in [5, 5.41) is 8.22. The van der Waals surface area contributed by atoms with E-state index in [9.17, 15) is 0 Å². The zero-order valence-corrected chi connectivity index (χ0v) is 13.9. The van der Waals surface area contributed by atoms with Gasteiger partial charge in [-0.05, 0) is 19.1 Å². The van der Waals surface area contributed by atoms with Gasteiger partial charge in [0.25, 0.3) is 5.71 Å². The molecule has 0 atom stereocenters. The number of ether oxygens (including phenoxy) is 2. The Morgan fingerprint density at radius 1 is 0.962 bits per heavy atom. The quantitative estimate of drug-likeness (QED) is 0.599. The third kappa shape index (κ3) is 2.41. The molecule has 0 fully saturated rings. The topological polar surface area (TPSA) is 82.3 Å². The number of aryl methyl sites for hydroxylation is 1. The maximum atomic E-state index is 5.43. The molecule has 0 unspecified atom stereocenters. The van der Waals surface area contributed by atoms with Gasteiger partial charge in [0.05, 0.1) is 0 Å². The predicted octanol–water partition coefficient (Wildman–Crippen LogP) is 4.07. The van der Waals surface area contributed by atoms with Gasteiger partial charge in [-0.3, -0.25) is 0 Å². The maximum Gasteiger partial charge on any atom is 0.263 e. The molecule has 0 radical (unpaired) electrons. The second kappa shape index (κ2) is 5.73. The zero-order valence-electron chi connectivity index (χ0n) is 13.9. The minimum atomic E-state index is 0.236. The number of fused-ring (bicyclic) bond motifs is 2. The van der Waals surface area contributed by atoms with Crippen molar-refractivity contribution in [2.24, 2.45) is 0 Å². The van der Waals surface area contributed by atoms with Gasteiger partial charge >= 0.3 is 0 Å². The first-order valence-electron chi connectivity index (χ1n) is 8.12. The number of anilines is 2. The van der Waals surface area contributed by atoms with Crippen LogP contribution in [0, 0.1) is 6.92 Å². The number of hydrogen-bond acceptors (Lipinski definition) is 7. The molecular formula is C19H14N4O3. The molecule has 0 saturated heterocycles. The molecule has 0 spiro atoms. The lowest BCUT2D eigenvalue weighted by atomic mass is 10.1. The zero-order chi connectivity index (χ0) is 17.5. The van der Waals surface area contributed by atoms with Crippen molar-refractivity contribution in [3.8, 4) is 22.8 Å². The van der Waals surface area contributed by atoms with Gasteiger partial charge in [0.1, 0.15) is 23.2 Å². The maximum absolute atomic E-state index is 5.43. The summed E-state index contributed by atoms with van der Waals surface area (Å²) < 4.78 is 16.2. The van der Waals surface area contributed by atoms with Gasteiger partial charge in [-0.2, -0.15) is 4.98 Å². The molecule has 0 saturated carbocycles. The first-order valence-corrected chi connectivity index (χ1v) is 8.12. The molecule has 7 heteroatoms. The molecule has 4 aromatic rings. The molecule has 3 heterocycles. The van der Waals surface area contributed by atoms with Crippen LogP contribution in [0.2, 0.25) is 0 Å². The van der Waals surface area contributed by atoms with Gasteiger partial charge in [-0.25, -0.2) is 4.98 Å². The monoisotopic (exact) mass is 346 g/mol. The van der Waals surface area contributed by atoms with Crippen LogP contribution in [0.3, 0.4) is 0 Å². The molecule has 7 nitrogen and oxygen atoms in total. The van der Waals surface area contributed by atoms with E-state index in [1.807, 2.05) is 49.4 Å². The number of nitrogens with one attached hydrogen (secondary N) is 1. The average Bonchev–Trinajstić information content (AvgIpc) is 3.29. The number of aromatic nitrogens is 3. The largest absolute Gasteiger partial charge is 0.454 e. The third-order valence-corrected chi connectivity index (χ3v) is 4.23. The van der Waals surface area contributed by atoms with Crippen molar-refractivity contribution in [1.29, 1.82) is 0 Å². The van der Waals surface area contributed by atoms with Crippen LogP contribution in [-0.2, 0) is 0 Å². The van der Waals surface area contributed by atoms with Crippen LogP contribution in [0.4, 0.5) is 11.5 Å². The minimum Gasteiger partial charge on any atom is -0.454 e. The average molecular weight is 346 g/mol. The summed E-state index contributed by atoms with van der Waals surface area (Å²) in [6, 6.07) is 13.7. The van der Waals surface area contributed by atoms with Crippen molar-refractivity contribution in [1.82, 2.24) is 15.1 Å². The van der Waals surface area contributed by atoms with Crippen LogP contribution < -0.4 is 14.8 Å². The molecule has 0 aliphatic carbocycles. The summed E-state index contributed by atoms with van der Waals surface area (Å²) in [6.45, 7) is 2.28. The van der Waals surface area contributed by atoms with Crippen molar-refractivity contribution in [2.45, 2.75) is 6.92 Å². The van der Waals surface area contributed by atoms with E-state index >= 15 is 0 Å². The minimum absolute atomic E-state index is 0.236. The van der Waals surface area contributed by atoms with Crippen molar-refractivity contribution in [3.63, 3.8) is 0 Å². The van der Waals surface area contributed by atoms with Gasteiger partial charge in [0.2, 0.25) is 6.79 Å². The second-order valence-electron chi connectivity index (χ2n) is 5.99. The van der Waals surface area contributed by atoms with Crippen LogP contribution in [0.15, 0.2) is 53.3 Å². The van der Waals surface area contributed by atoms with Gasteiger partial charge in [0.15, 0.2) is 11.5 Å². The fraction of sp³-hybridized carbons (Fsp3) is 0.105. The molecule has 0 amide bonds. The number of nitrogens with zero attached hydrogens (tertiary/aromatic N) is 3. The van der Waals surface area contributed by atoms with E-state index < -0.39 is 0 Å². The first kappa shape index (κ1) is 14.7. The van der Waals surface area contributed by atoms with E-state index in [4.69, 9.17) is 14.0 Å². The normalized spacial score (nSPS) is 12.5. The number of rotatable bonds is 3. The Labute approximate surface area is 148 Å². The Bertz CT molecular complexity index is 1110. The van der Waals surface area contributed by atoms with Crippen LogP contribution in [-0.4, -0.2) is 21.9 Å². The number of hydrogen-bond donors (Lipinski definition) is 1. The highest BCUT2D eigenvalue weighted by molar-refractivity contribution is 5.98. The smallest absolute Gasteiger partial charge is 0.263 e. The van der Waals surface area contributed by atoms with Gasteiger partial charge in [-0.1, -0.05) is 35.0 Å². The first-order chi connectivity index (χ1) is 12.8. The Morgan fingerprint density at radius 2 is 1.81 bits per heavy atom. The summed E-state index contributed by atoms with van der Waals surface area (Å²) >= 11 is 0. The standard InChI is InChI=1S/C19H14N4O3/c1-11-2-4-12(5-3-11)17-16-18(20-9-21-19(16)26-23-17)22-13-6-7-14-15(8-13)25-10-24-14/h2-9H,10H2,1H3,(H,20,21,22). The van der Waals surface area contributed by atoms with Crippen molar-refractivity contribution < 1.29 is 14.0 Å². The molecule has 26 heavy (non-hydrogen) atoms. The summed E-state index contributed by atoms with van der Waals surface area (Å²) in [5.74, 6) is 2.05. The SMILES string of the molecule is Cc1ccc(-c2noc3ncnc(Nc4ccc5c(c4)OCO5)c23)cc1. The van der Waals surface area contributed by atoms with Crippen molar-refractivity contribution in [2.75, 3.05) is 12.1 Å². The molecule has 1 N–H and O–H groups in total. The van der Waals surface area contributed by atoms with Gasteiger partial charge < -0.3 is 19.3 Å². The molecule has 0 bridgehead atoms. The van der Waals surface area contributed by atoms with E-state index in [2.05, 4.69) is 20.4 Å². The molecule has 1 aliphatic heterocycles. The molecule has 2 aromatic carbocycles. The fourth-order valence-corrected chi connectivity index (χ4v) is 2.90. The van der Waals surface area contributed by atoms with Crippen molar-refractivity contribution >= 4 is 22.6 Å². The Kier molecular flexibility index (Phi) is 3.24. The van der Waals surface area contributed by atoms with Gasteiger partial charge in [-0.15, -0.1) is 0 Å². The summed E-state index contributed by atoms with van der Waals surface area (Å²) in [5.41, 5.74) is 4.07. The predicted molar refractivity (Wildman–Crippen MR) is 95.6 cm³/mol. The Balaban J connectivity index is 1.59. The lowest BCUT2D eigenvalue weighted by Crippen LogP contribution is -1.96. The van der Waals surface area contributed by atoms with E-state index in [0.29, 0.717) is 23.0 Å². The van der Waals surface area contributed by atoms with Crippen molar-refractivity contribution in [3.05, 3.63) is 54.4 Å². The highest BCUT2D eigenvalue weighted by atomic mass is 16.7. The third-order valence-electron chi connectivity index (χ3n) is 4.23. The summed E-state index contributed by atoms with van der Waals surface area (Å²) in [4.78, 5) is 8.56. The highest BCUT2D eigenvalue weighted by Gasteiger charge is 2.18. The Hall–Kier alpha value is -3.61. The summed E-state index contributed by atoms with van der Waals surface area (Å²) in [7, 11) is 0. The van der Waals surface area contributed by atoms with E-state index in [1.165, 1.54) is 11.9 Å². The molecule has 2 aromatic heterocycles. The lowest BCUT2D eigenvalue weighted by molar-refractivity contribution is 0.174. The second-order valence-corrected chi connectivity index (χ2v) is 5.99. The van der Waals surface area contributed by atoms with E-state index in [0.717, 1.165) is 22.4 Å². The van der Waals surface area contributed by atoms with Crippen LogP contribution in [0.25, 0.3) is 22.4 Å². The Morgan fingerprint density at radius 3 is 2.69 bits per heavy atom. The lowest BCUT2D eigenvalue weighted by Gasteiger charge is -2.07. The van der Waals surface area contributed by atoms with E-state index in [1.54, 1.807) is 0 Å². The number of benzene rings is 2. The summed E-state index contributed by atoms with van der Waals surface area (Å²) in [6.07, 6.45) is 1.45. The van der Waals surface area contributed by atoms with Gasteiger partial charge in [0, 0.05) is 17.3 Å². The van der Waals surface area contributed by atoms with Crippen LogP contribution in [0.1, 0.15) is 5.56 Å². The molecule has 128 valence electrons. The van der Waals surface area contributed by atoms with Crippen LogP contribution >= 0.6 is 0 Å². The fourth-order valence-electron chi connectivity index (χ4n) is 2.90.